The first kappa shape index (κ1) is 12.4. The maximum atomic E-state index is 13.0. The zero-order valence-electron chi connectivity index (χ0n) is 8.99. The van der Waals surface area contributed by atoms with Gasteiger partial charge < -0.3 is 14.7 Å². The Morgan fingerprint density at radius 2 is 2.40 bits per heavy atom. The molecule has 1 amide bonds. The number of alkyl halides is 1. The van der Waals surface area contributed by atoms with Crippen LogP contribution in [0.2, 0.25) is 0 Å². The lowest BCUT2D eigenvalue weighted by molar-refractivity contribution is -0.137. The van der Waals surface area contributed by atoms with Gasteiger partial charge in [0.1, 0.15) is 12.8 Å². The van der Waals surface area contributed by atoms with Crippen molar-refractivity contribution in [2.75, 3.05) is 26.4 Å². The Kier molecular flexibility index (Phi) is 4.98. The molecule has 0 aliphatic carbocycles. The molecule has 0 spiro atoms. The lowest BCUT2D eigenvalue weighted by atomic mass is 10.2. The minimum atomic E-state index is -1.02. The number of carbonyl (C=O) groups excluding carboxylic acids is 1. The smallest absolute Gasteiger partial charge is 0.248 e. The predicted molar refractivity (Wildman–Crippen MR) is 53.2 cm³/mol. The molecule has 0 unspecified atom stereocenters. The van der Waals surface area contributed by atoms with Gasteiger partial charge >= 0.3 is 0 Å². The Morgan fingerprint density at radius 3 is 3.00 bits per heavy atom. The molecule has 0 saturated carbocycles. The molecule has 0 aromatic heterocycles. The Hall–Kier alpha value is -0.680. The standard InChI is InChI=1S/C10H18FNO3/c1-2-3-15-7-10(14)12-5-8(11)4-9(12)6-13/h8-9,13H,2-7H2,1H3/t8-,9-/m0/s1. The summed E-state index contributed by atoms with van der Waals surface area (Å²) in [5, 5.41) is 8.97. The van der Waals surface area contributed by atoms with Gasteiger partial charge in [0.2, 0.25) is 5.91 Å². The van der Waals surface area contributed by atoms with Crippen molar-refractivity contribution >= 4 is 5.91 Å². The fraction of sp³-hybridized carbons (Fsp3) is 0.900. The van der Waals surface area contributed by atoms with Crippen molar-refractivity contribution in [1.29, 1.82) is 0 Å². The van der Waals surface area contributed by atoms with Crippen LogP contribution in [0.5, 0.6) is 0 Å². The summed E-state index contributed by atoms with van der Waals surface area (Å²) in [6.45, 7) is 2.37. The molecule has 1 saturated heterocycles. The number of aliphatic hydroxyl groups excluding tert-OH is 1. The summed E-state index contributed by atoms with van der Waals surface area (Å²) in [4.78, 5) is 12.9. The fourth-order valence-corrected chi connectivity index (χ4v) is 1.72. The normalized spacial score (nSPS) is 25.9. The minimum absolute atomic E-state index is 0.0168. The summed E-state index contributed by atoms with van der Waals surface area (Å²) in [7, 11) is 0. The monoisotopic (exact) mass is 219 g/mol. The summed E-state index contributed by atoms with van der Waals surface area (Å²) in [5.74, 6) is -0.234. The van der Waals surface area contributed by atoms with Gasteiger partial charge in [-0.1, -0.05) is 6.92 Å². The average Bonchev–Trinajstić information content (AvgIpc) is 2.60. The number of nitrogens with zero attached hydrogens (tertiary/aromatic N) is 1. The Labute approximate surface area is 89.0 Å². The molecular weight excluding hydrogens is 201 g/mol. The highest BCUT2D eigenvalue weighted by Crippen LogP contribution is 2.19. The van der Waals surface area contributed by atoms with Gasteiger partial charge in [0, 0.05) is 13.0 Å². The number of likely N-dealkylation sites (tertiary alicyclic amines) is 1. The zero-order chi connectivity index (χ0) is 11.3. The summed E-state index contributed by atoms with van der Waals surface area (Å²) >= 11 is 0. The molecule has 0 aromatic rings. The lowest BCUT2D eigenvalue weighted by Gasteiger charge is -2.22. The average molecular weight is 219 g/mol. The van der Waals surface area contributed by atoms with E-state index in [1.165, 1.54) is 4.90 Å². The highest BCUT2D eigenvalue weighted by atomic mass is 19.1. The fourth-order valence-electron chi connectivity index (χ4n) is 1.72. The number of hydrogen-bond donors (Lipinski definition) is 1. The van der Waals surface area contributed by atoms with Crippen molar-refractivity contribution in [1.82, 2.24) is 4.90 Å². The molecule has 1 rings (SSSR count). The van der Waals surface area contributed by atoms with Crippen LogP contribution < -0.4 is 0 Å². The maximum Gasteiger partial charge on any atom is 0.248 e. The summed E-state index contributed by atoms with van der Waals surface area (Å²) in [6, 6.07) is -0.377. The third kappa shape index (κ3) is 3.43. The molecule has 1 aliphatic heterocycles. The molecule has 15 heavy (non-hydrogen) atoms. The van der Waals surface area contributed by atoms with Crippen LogP contribution in [0, 0.1) is 0 Å². The van der Waals surface area contributed by atoms with E-state index >= 15 is 0 Å². The number of rotatable bonds is 5. The number of halogens is 1. The van der Waals surface area contributed by atoms with E-state index in [9.17, 15) is 9.18 Å². The quantitative estimate of drug-likeness (QED) is 0.678. The van der Waals surface area contributed by atoms with E-state index in [-0.39, 0.29) is 38.1 Å². The first-order valence-electron chi connectivity index (χ1n) is 5.31. The molecule has 0 bridgehead atoms. The number of ether oxygens (including phenoxy) is 1. The van der Waals surface area contributed by atoms with Crippen molar-refractivity contribution in [3.8, 4) is 0 Å². The van der Waals surface area contributed by atoms with Gasteiger partial charge in [0.05, 0.1) is 19.2 Å². The molecular formula is C10H18FNO3. The first-order valence-corrected chi connectivity index (χ1v) is 5.31. The molecule has 1 aliphatic rings. The van der Waals surface area contributed by atoms with Crippen molar-refractivity contribution in [3.05, 3.63) is 0 Å². The van der Waals surface area contributed by atoms with E-state index in [0.29, 0.717) is 6.61 Å². The third-order valence-corrected chi connectivity index (χ3v) is 2.47. The highest BCUT2D eigenvalue weighted by Gasteiger charge is 2.34. The number of aliphatic hydroxyl groups is 1. The highest BCUT2D eigenvalue weighted by molar-refractivity contribution is 5.78. The van der Waals surface area contributed by atoms with E-state index in [1.807, 2.05) is 6.92 Å². The van der Waals surface area contributed by atoms with Crippen LogP contribution in [0.4, 0.5) is 4.39 Å². The molecule has 0 aromatic carbocycles. The Morgan fingerprint density at radius 1 is 1.67 bits per heavy atom. The lowest BCUT2D eigenvalue weighted by Crippen LogP contribution is -2.40. The van der Waals surface area contributed by atoms with Crippen molar-refractivity contribution in [2.45, 2.75) is 32.0 Å². The van der Waals surface area contributed by atoms with E-state index < -0.39 is 6.17 Å². The first-order chi connectivity index (χ1) is 7.19. The Bertz CT molecular complexity index is 213. The van der Waals surface area contributed by atoms with Crippen LogP contribution in [0.3, 0.4) is 0 Å². The molecule has 88 valence electrons. The predicted octanol–water partition coefficient (Wildman–Crippen LogP) is 0.344. The molecule has 1 fully saturated rings. The zero-order valence-corrected chi connectivity index (χ0v) is 8.99. The second-order valence-corrected chi connectivity index (χ2v) is 3.77. The van der Waals surface area contributed by atoms with Gasteiger partial charge in [-0.2, -0.15) is 0 Å². The van der Waals surface area contributed by atoms with E-state index in [1.54, 1.807) is 0 Å². The molecule has 1 N–H and O–H groups in total. The summed E-state index contributed by atoms with van der Waals surface area (Å²) in [5.41, 5.74) is 0. The number of hydrogen-bond acceptors (Lipinski definition) is 3. The van der Waals surface area contributed by atoms with Crippen molar-refractivity contribution in [3.63, 3.8) is 0 Å². The van der Waals surface area contributed by atoms with Crippen LogP contribution in [-0.4, -0.2) is 54.5 Å². The molecule has 5 heteroatoms. The summed E-state index contributed by atoms with van der Waals surface area (Å²) < 4.78 is 18.1. The van der Waals surface area contributed by atoms with Gasteiger partial charge in [-0.05, 0) is 6.42 Å². The molecule has 1 heterocycles. The second-order valence-electron chi connectivity index (χ2n) is 3.77. The number of amides is 1. The van der Waals surface area contributed by atoms with E-state index in [4.69, 9.17) is 9.84 Å². The number of carbonyl (C=O) groups is 1. The second kappa shape index (κ2) is 6.02. The van der Waals surface area contributed by atoms with E-state index in [0.717, 1.165) is 6.42 Å². The van der Waals surface area contributed by atoms with Gasteiger partial charge in [-0.3, -0.25) is 4.79 Å². The molecule has 4 nitrogen and oxygen atoms in total. The van der Waals surface area contributed by atoms with Crippen molar-refractivity contribution in [2.24, 2.45) is 0 Å². The van der Waals surface area contributed by atoms with Crippen molar-refractivity contribution < 1.29 is 19.0 Å². The van der Waals surface area contributed by atoms with Crippen LogP contribution in [-0.2, 0) is 9.53 Å². The third-order valence-electron chi connectivity index (χ3n) is 2.47. The largest absolute Gasteiger partial charge is 0.394 e. The van der Waals surface area contributed by atoms with Gasteiger partial charge in [-0.25, -0.2) is 4.39 Å². The SMILES string of the molecule is CCCOCC(=O)N1C[C@@H](F)C[C@H]1CO. The maximum absolute atomic E-state index is 13.0. The Balaban J connectivity index is 2.37. The van der Waals surface area contributed by atoms with Crippen LogP contribution in [0.15, 0.2) is 0 Å². The minimum Gasteiger partial charge on any atom is -0.394 e. The van der Waals surface area contributed by atoms with Crippen LogP contribution >= 0.6 is 0 Å². The van der Waals surface area contributed by atoms with Crippen LogP contribution in [0.1, 0.15) is 19.8 Å². The topological polar surface area (TPSA) is 49.8 Å². The van der Waals surface area contributed by atoms with Gasteiger partial charge in [0.25, 0.3) is 0 Å². The molecule has 0 radical (unpaired) electrons. The molecule has 2 atom stereocenters. The van der Waals surface area contributed by atoms with Gasteiger partial charge in [-0.15, -0.1) is 0 Å². The summed E-state index contributed by atoms with van der Waals surface area (Å²) in [6.07, 6.45) is 0.0654. The van der Waals surface area contributed by atoms with E-state index in [2.05, 4.69) is 0 Å². The van der Waals surface area contributed by atoms with Crippen LogP contribution in [0.25, 0.3) is 0 Å². The van der Waals surface area contributed by atoms with Gasteiger partial charge in [0.15, 0.2) is 0 Å².